The van der Waals surface area contributed by atoms with Crippen LogP contribution in [0, 0.1) is 11.3 Å². The second-order valence-electron chi connectivity index (χ2n) is 6.38. The van der Waals surface area contributed by atoms with E-state index < -0.39 is 0 Å². The molecule has 2 aromatic carbocycles. The summed E-state index contributed by atoms with van der Waals surface area (Å²) in [5, 5.41) is 12.0. The van der Waals surface area contributed by atoms with Crippen LogP contribution in [0.5, 0.6) is 0 Å². The zero-order chi connectivity index (χ0) is 19.6. The Morgan fingerprint density at radius 2 is 1.59 bits per heavy atom. The smallest absolute Gasteiger partial charge is 0.238 e. The maximum atomic E-state index is 9.82. The Morgan fingerprint density at radius 1 is 0.828 bits per heavy atom. The van der Waals surface area contributed by atoms with Crippen LogP contribution in [0.15, 0.2) is 97.5 Å². The molecule has 5 nitrogen and oxygen atoms in total. The van der Waals surface area contributed by atoms with Gasteiger partial charge in [-0.2, -0.15) is 5.26 Å². The van der Waals surface area contributed by atoms with Crippen LogP contribution in [-0.2, 0) is 0 Å². The van der Waals surface area contributed by atoms with Crippen molar-refractivity contribution >= 4 is 22.9 Å². The lowest BCUT2D eigenvalue weighted by molar-refractivity contribution is 0.527. The summed E-state index contributed by atoms with van der Waals surface area (Å²) in [6.45, 7) is 0. The lowest BCUT2D eigenvalue weighted by atomic mass is 10.1. The van der Waals surface area contributed by atoms with Crippen molar-refractivity contribution < 1.29 is 13.3 Å². The van der Waals surface area contributed by atoms with Crippen LogP contribution in [0.4, 0.5) is 5.88 Å². The van der Waals surface area contributed by atoms with Crippen molar-refractivity contribution in [1.29, 1.82) is 5.26 Å². The van der Waals surface area contributed by atoms with Gasteiger partial charge in [0.05, 0.1) is 18.1 Å². The van der Waals surface area contributed by atoms with E-state index in [1.165, 1.54) is 0 Å². The summed E-state index contributed by atoms with van der Waals surface area (Å²) < 4.78 is 17.0. The molecule has 0 radical (unpaired) electrons. The Balaban J connectivity index is 1.67. The molecule has 0 unspecified atom stereocenters. The Bertz CT molecular complexity index is 1350. The first-order valence-corrected chi connectivity index (χ1v) is 9.01. The van der Waals surface area contributed by atoms with E-state index in [9.17, 15) is 5.26 Å². The summed E-state index contributed by atoms with van der Waals surface area (Å²) in [5.41, 5.74) is 1.75. The second-order valence-corrected chi connectivity index (χ2v) is 6.38. The molecule has 29 heavy (non-hydrogen) atoms. The van der Waals surface area contributed by atoms with Crippen LogP contribution in [0.1, 0.15) is 11.1 Å². The molecule has 0 atom stereocenters. The molecule has 0 bridgehead atoms. The van der Waals surface area contributed by atoms with Gasteiger partial charge in [-0.25, -0.2) is 4.99 Å². The molecular weight excluding hydrogens is 364 g/mol. The van der Waals surface area contributed by atoms with Crippen LogP contribution in [0.25, 0.3) is 33.6 Å². The molecule has 0 amide bonds. The highest BCUT2D eigenvalue weighted by atomic mass is 16.4. The van der Waals surface area contributed by atoms with Crippen LogP contribution >= 0.6 is 0 Å². The zero-order valence-corrected chi connectivity index (χ0v) is 15.2. The number of furan rings is 3. The SMILES string of the molecule is N#Cc1c(N=Cc2cccc3ccccc23)oc(-c2ccco2)c1-c1ccco1. The van der Waals surface area contributed by atoms with Crippen molar-refractivity contribution in [3.63, 3.8) is 0 Å². The summed E-state index contributed by atoms with van der Waals surface area (Å²) in [4.78, 5) is 4.50. The van der Waals surface area contributed by atoms with Crippen LogP contribution in [-0.4, -0.2) is 6.21 Å². The van der Waals surface area contributed by atoms with E-state index in [0.29, 0.717) is 28.4 Å². The first kappa shape index (κ1) is 16.8. The standard InChI is InChI=1S/C24H14N2O3/c25-14-19-22(20-10-4-12-27-20)23(21-11-5-13-28-21)29-24(19)26-15-17-8-3-7-16-6-1-2-9-18(16)17/h1-13,15H. The van der Waals surface area contributed by atoms with Crippen LogP contribution < -0.4 is 0 Å². The minimum Gasteiger partial charge on any atom is -0.464 e. The highest BCUT2D eigenvalue weighted by molar-refractivity contribution is 6.00. The van der Waals surface area contributed by atoms with Crippen LogP contribution in [0.2, 0.25) is 0 Å². The number of benzene rings is 2. The number of fused-ring (bicyclic) bond motifs is 1. The monoisotopic (exact) mass is 378 g/mol. The van der Waals surface area contributed by atoms with Crippen molar-refractivity contribution in [3.05, 3.63) is 90.4 Å². The fraction of sp³-hybridized carbons (Fsp3) is 0. The molecule has 138 valence electrons. The number of nitriles is 1. The number of hydrogen-bond acceptors (Lipinski definition) is 5. The van der Waals surface area contributed by atoms with Gasteiger partial charge in [0.15, 0.2) is 11.5 Å². The highest BCUT2D eigenvalue weighted by Gasteiger charge is 2.26. The molecule has 0 aliphatic heterocycles. The zero-order valence-electron chi connectivity index (χ0n) is 15.2. The Morgan fingerprint density at radius 3 is 2.34 bits per heavy atom. The summed E-state index contributed by atoms with van der Waals surface area (Å²) in [6, 6.07) is 23.3. The molecule has 0 aliphatic rings. The third kappa shape index (κ3) is 2.93. The molecule has 0 aliphatic carbocycles. The van der Waals surface area contributed by atoms with Crippen molar-refractivity contribution in [2.75, 3.05) is 0 Å². The van der Waals surface area contributed by atoms with Gasteiger partial charge in [-0.1, -0.05) is 42.5 Å². The van der Waals surface area contributed by atoms with E-state index >= 15 is 0 Å². The van der Waals surface area contributed by atoms with Crippen molar-refractivity contribution in [1.82, 2.24) is 0 Å². The largest absolute Gasteiger partial charge is 0.464 e. The number of rotatable bonds is 4. The molecule has 0 saturated heterocycles. The van der Waals surface area contributed by atoms with E-state index in [1.54, 1.807) is 43.0 Å². The van der Waals surface area contributed by atoms with E-state index in [1.807, 2.05) is 42.5 Å². The number of hydrogen-bond donors (Lipinski definition) is 0. The minimum atomic E-state index is 0.207. The Kier molecular flexibility index (Phi) is 4.08. The predicted octanol–water partition coefficient (Wildman–Crippen LogP) is 6.58. The van der Waals surface area contributed by atoms with Gasteiger partial charge in [-0.3, -0.25) is 0 Å². The number of aliphatic imine (C=N–C) groups is 1. The molecule has 0 spiro atoms. The van der Waals surface area contributed by atoms with Gasteiger partial charge in [-0.05, 0) is 35.0 Å². The number of nitrogens with zero attached hydrogens (tertiary/aromatic N) is 2. The molecule has 5 rings (SSSR count). The summed E-state index contributed by atoms with van der Waals surface area (Å²) in [6.07, 6.45) is 4.81. The van der Waals surface area contributed by atoms with Crippen molar-refractivity contribution in [3.8, 4) is 28.9 Å². The fourth-order valence-corrected chi connectivity index (χ4v) is 3.34. The van der Waals surface area contributed by atoms with Gasteiger partial charge in [0.2, 0.25) is 5.88 Å². The Labute approximate surface area is 166 Å². The molecule has 0 saturated carbocycles. The summed E-state index contributed by atoms with van der Waals surface area (Å²) in [5.74, 6) is 1.63. The molecular formula is C24H14N2O3. The topological polar surface area (TPSA) is 75.6 Å². The third-order valence-electron chi connectivity index (χ3n) is 4.66. The first-order valence-electron chi connectivity index (χ1n) is 9.01. The van der Waals surface area contributed by atoms with E-state index in [0.717, 1.165) is 16.3 Å². The lowest BCUT2D eigenvalue weighted by Crippen LogP contribution is -1.84. The van der Waals surface area contributed by atoms with Gasteiger partial charge >= 0.3 is 0 Å². The fourth-order valence-electron chi connectivity index (χ4n) is 3.34. The molecule has 0 N–H and O–H groups in total. The molecule has 5 heteroatoms. The van der Waals surface area contributed by atoms with Gasteiger partial charge < -0.3 is 13.3 Å². The van der Waals surface area contributed by atoms with Crippen LogP contribution in [0.3, 0.4) is 0 Å². The van der Waals surface area contributed by atoms with Gasteiger partial charge in [0, 0.05) is 11.8 Å². The first-order chi connectivity index (χ1) is 14.3. The van der Waals surface area contributed by atoms with E-state index in [2.05, 4.69) is 11.1 Å². The normalized spacial score (nSPS) is 11.3. The highest BCUT2D eigenvalue weighted by Crippen LogP contribution is 2.42. The summed E-state index contributed by atoms with van der Waals surface area (Å²) >= 11 is 0. The van der Waals surface area contributed by atoms with E-state index in [4.69, 9.17) is 13.3 Å². The average Bonchev–Trinajstić information content (AvgIpc) is 3.52. The molecule has 3 heterocycles. The van der Waals surface area contributed by atoms with Gasteiger partial charge in [0.1, 0.15) is 17.4 Å². The minimum absolute atomic E-state index is 0.207. The second kappa shape index (κ2) is 7.02. The van der Waals surface area contributed by atoms with Gasteiger partial charge in [-0.15, -0.1) is 0 Å². The Hall–Kier alpha value is -4.30. The maximum Gasteiger partial charge on any atom is 0.238 e. The quantitative estimate of drug-likeness (QED) is 0.331. The predicted molar refractivity (Wildman–Crippen MR) is 110 cm³/mol. The van der Waals surface area contributed by atoms with E-state index in [-0.39, 0.29) is 5.88 Å². The summed E-state index contributed by atoms with van der Waals surface area (Å²) in [7, 11) is 0. The van der Waals surface area contributed by atoms with Crippen molar-refractivity contribution in [2.45, 2.75) is 0 Å². The third-order valence-corrected chi connectivity index (χ3v) is 4.66. The molecule has 5 aromatic rings. The molecule has 0 fully saturated rings. The lowest BCUT2D eigenvalue weighted by Gasteiger charge is -2.00. The van der Waals surface area contributed by atoms with Gasteiger partial charge in [0.25, 0.3) is 0 Å². The van der Waals surface area contributed by atoms with Crippen molar-refractivity contribution in [2.24, 2.45) is 4.99 Å². The average molecular weight is 378 g/mol. The molecule has 3 aromatic heterocycles. The maximum absolute atomic E-state index is 9.82.